The first-order chi connectivity index (χ1) is 14.0. The van der Waals surface area contributed by atoms with Crippen molar-refractivity contribution in [1.82, 2.24) is 10.9 Å². The Kier molecular flexibility index (Phi) is 8.91. The third-order valence-corrected chi connectivity index (χ3v) is 3.98. The van der Waals surface area contributed by atoms with Crippen molar-refractivity contribution in [3.63, 3.8) is 0 Å². The zero-order valence-electron chi connectivity index (χ0n) is 16.3. The number of unbranched alkanes of at least 4 members (excludes halogenated alkanes) is 1. The van der Waals surface area contributed by atoms with E-state index in [1.54, 1.807) is 19.3 Å². The first-order valence-corrected chi connectivity index (χ1v) is 9.54. The predicted octanol–water partition coefficient (Wildman–Crippen LogP) is 4.04. The predicted molar refractivity (Wildman–Crippen MR) is 116 cm³/mol. The Hall–Kier alpha value is -3.13. The molecular weight excluding hydrogens is 393 g/mol. The van der Waals surface area contributed by atoms with Gasteiger partial charge in [0.2, 0.25) is 0 Å². The van der Waals surface area contributed by atoms with E-state index in [-0.39, 0.29) is 10.9 Å². The summed E-state index contributed by atoms with van der Waals surface area (Å²) in [4.78, 5) is 12.0. The van der Waals surface area contributed by atoms with Crippen LogP contribution in [0.15, 0.2) is 48.5 Å². The summed E-state index contributed by atoms with van der Waals surface area (Å²) in [6, 6.07) is 11.1. The lowest BCUT2D eigenvalue weighted by Gasteiger charge is -2.11. The van der Waals surface area contributed by atoms with Crippen LogP contribution in [0.2, 0.25) is 0 Å². The van der Waals surface area contributed by atoms with Crippen LogP contribution in [-0.4, -0.2) is 24.7 Å². The lowest BCUT2D eigenvalue weighted by molar-refractivity contribution is -0.116. The van der Waals surface area contributed by atoms with E-state index in [0.29, 0.717) is 23.8 Å². The molecule has 0 unspecified atom stereocenters. The topological polar surface area (TPSA) is 71.6 Å². The van der Waals surface area contributed by atoms with E-state index in [1.165, 1.54) is 30.3 Å². The number of carbonyl (C=O) groups excluding carboxylic acids is 1. The molecule has 29 heavy (non-hydrogen) atoms. The SMILES string of the molecule is CCCCOc1ccc(/C=C/C(=O)NNC(=S)Nc2ccc(F)cc2)cc1OC. The Morgan fingerprint density at radius 1 is 1.14 bits per heavy atom. The number of hydrazine groups is 1. The van der Waals surface area contributed by atoms with Gasteiger partial charge in [-0.05, 0) is 66.7 Å². The van der Waals surface area contributed by atoms with E-state index in [1.807, 2.05) is 12.1 Å². The smallest absolute Gasteiger partial charge is 0.262 e. The molecule has 0 aliphatic carbocycles. The number of ether oxygens (including phenoxy) is 2. The Labute approximate surface area is 175 Å². The van der Waals surface area contributed by atoms with Gasteiger partial charge < -0.3 is 14.8 Å². The molecule has 2 aromatic carbocycles. The molecule has 0 aliphatic heterocycles. The largest absolute Gasteiger partial charge is 0.493 e. The molecule has 0 heterocycles. The fourth-order valence-electron chi connectivity index (χ4n) is 2.26. The van der Waals surface area contributed by atoms with Crippen molar-refractivity contribution in [1.29, 1.82) is 0 Å². The van der Waals surface area contributed by atoms with Gasteiger partial charge in [0.05, 0.1) is 13.7 Å². The monoisotopic (exact) mass is 417 g/mol. The summed E-state index contributed by atoms with van der Waals surface area (Å²) in [5, 5.41) is 3.00. The van der Waals surface area contributed by atoms with E-state index in [4.69, 9.17) is 21.7 Å². The molecule has 0 aliphatic rings. The number of hydrogen-bond donors (Lipinski definition) is 3. The van der Waals surface area contributed by atoms with Gasteiger partial charge in [0.15, 0.2) is 16.6 Å². The highest BCUT2D eigenvalue weighted by molar-refractivity contribution is 7.80. The molecule has 1 amide bonds. The molecule has 0 radical (unpaired) electrons. The van der Waals surface area contributed by atoms with Crippen LogP contribution in [-0.2, 0) is 4.79 Å². The Bertz CT molecular complexity index is 857. The van der Waals surface area contributed by atoms with Crippen LogP contribution in [0.5, 0.6) is 11.5 Å². The fourth-order valence-corrected chi connectivity index (χ4v) is 2.43. The van der Waals surface area contributed by atoms with E-state index in [2.05, 4.69) is 23.1 Å². The van der Waals surface area contributed by atoms with Crippen molar-refractivity contribution in [3.05, 3.63) is 59.9 Å². The molecule has 2 aromatic rings. The highest BCUT2D eigenvalue weighted by atomic mass is 32.1. The number of methoxy groups -OCH3 is 1. The molecule has 0 spiro atoms. The standard InChI is InChI=1S/C21H24FN3O3S/c1-3-4-13-28-18-11-5-15(14-19(18)27-2)6-12-20(26)24-25-21(29)23-17-9-7-16(22)8-10-17/h5-12,14H,3-4,13H2,1-2H3,(H,24,26)(H2,23,25,29)/b12-6+. The van der Waals surface area contributed by atoms with Crippen molar-refractivity contribution < 1.29 is 18.7 Å². The number of hydrogen-bond acceptors (Lipinski definition) is 4. The van der Waals surface area contributed by atoms with Crippen molar-refractivity contribution in [2.75, 3.05) is 19.0 Å². The van der Waals surface area contributed by atoms with Crippen molar-refractivity contribution in [3.8, 4) is 11.5 Å². The van der Waals surface area contributed by atoms with Crippen LogP contribution in [0.4, 0.5) is 10.1 Å². The molecule has 3 N–H and O–H groups in total. The average Bonchev–Trinajstić information content (AvgIpc) is 2.73. The van der Waals surface area contributed by atoms with Crippen LogP contribution in [0.3, 0.4) is 0 Å². The lowest BCUT2D eigenvalue weighted by Crippen LogP contribution is -2.43. The summed E-state index contributed by atoms with van der Waals surface area (Å²) < 4.78 is 23.9. The Morgan fingerprint density at radius 3 is 2.59 bits per heavy atom. The van der Waals surface area contributed by atoms with Crippen molar-refractivity contribution >= 4 is 35.0 Å². The van der Waals surface area contributed by atoms with Gasteiger partial charge in [0.1, 0.15) is 5.82 Å². The third kappa shape index (κ3) is 7.79. The number of carbonyl (C=O) groups is 1. The van der Waals surface area contributed by atoms with Gasteiger partial charge in [-0.1, -0.05) is 19.4 Å². The van der Waals surface area contributed by atoms with Gasteiger partial charge in [-0.3, -0.25) is 15.6 Å². The maximum absolute atomic E-state index is 12.9. The lowest BCUT2D eigenvalue weighted by atomic mass is 10.2. The summed E-state index contributed by atoms with van der Waals surface area (Å²) in [7, 11) is 1.57. The molecule has 6 nitrogen and oxygen atoms in total. The first-order valence-electron chi connectivity index (χ1n) is 9.13. The summed E-state index contributed by atoms with van der Waals surface area (Å²) in [6.07, 6.45) is 5.02. The minimum Gasteiger partial charge on any atom is -0.493 e. The number of benzene rings is 2. The number of rotatable bonds is 8. The normalized spacial score (nSPS) is 10.4. The van der Waals surface area contributed by atoms with Crippen LogP contribution in [0, 0.1) is 5.82 Å². The summed E-state index contributed by atoms with van der Waals surface area (Å²) >= 11 is 5.07. The fraction of sp³-hybridized carbons (Fsp3) is 0.238. The number of anilines is 1. The minimum absolute atomic E-state index is 0.175. The molecule has 0 saturated carbocycles. The molecule has 0 atom stereocenters. The summed E-state index contributed by atoms with van der Waals surface area (Å²) in [5.74, 6) is 0.536. The van der Waals surface area contributed by atoms with Crippen molar-refractivity contribution in [2.45, 2.75) is 19.8 Å². The second kappa shape index (κ2) is 11.7. The Morgan fingerprint density at radius 2 is 1.90 bits per heavy atom. The van der Waals surface area contributed by atoms with Gasteiger partial charge in [-0.15, -0.1) is 0 Å². The number of halogens is 1. The molecule has 0 aromatic heterocycles. The molecular formula is C21H24FN3O3S. The van der Waals surface area contributed by atoms with E-state index >= 15 is 0 Å². The maximum Gasteiger partial charge on any atom is 0.262 e. The molecule has 154 valence electrons. The maximum atomic E-state index is 12.9. The van der Waals surface area contributed by atoms with Crippen LogP contribution in [0.25, 0.3) is 6.08 Å². The zero-order chi connectivity index (χ0) is 21.1. The molecule has 0 saturated heterocycles. The number of amides is 1. The van der Waals surface area contributed by atoms with Crippen LogP contribution < -0.4 is 25.6 Å². The summed E-state index contributed by atoms with van der Waals surface area (Å²) in [6.45, 7) is 2.72. The minimum atomic E-state index is -0.393. The van der Waals surface area contributed by atoms with Crippen molar-refractivity contribution in [2.24, 2.45) is 0 Å². The molecule has 0 bridgehead atoms. The zero-order valence-corrected chi connectivity index (χ0v) is 17.1. The van der Waals surface area contributed by atoms with Crippen LogP contribution in [0.1, 0.15) is 25.3 Å². The van der Waals surface area contributed by atoms with E-state index in [9.17, 15) is 9.18 Å². The highest BCUT2D eigenvalue weighted by Crippen LogP contribution is 2.28. The van der Waals surface area contributed by atoms with Crippen LogP contribution >= 0.6 is 12.2 Å². The second-order valence-corrected chi connectivity index (χ2v) is 6.43. The molecule has 8 heteroatoms. The molecule has 2 rings (SSSR count). The summed E-state index contributed by atoms with van der Waals surface area (Å²) in [5.41, 5.74) is 6.41. The van der Waals surface area contributed by atoms with Gasteiger partial charge in [0, 0.05) is 11.8 Å². The van der Waals surface area contributed by atoms with Gasteiger partial charge >= 0.3 is 0 Å². The van der Waals surface area contributed by atoms with Gasteiger partial charge in [-0.2, -0.15) is 0 Å². The first kappa shape index (κ1) is 22.2. The average molecular weight is 418 g/mol. The Balaban J connectivity index is 1.84. The quantitative estimate of drug-likeness (QED) is 0.261. The second-order valence-electron chi connectivity index (χ2n) is 6.02. The molecule has 0 fully saturated rings. The van der Waals surface area contributed by atoms with E-state index in [0.717, 1.165) is 18.4 Å². The number of nitrogens with one attached hydrogen (secondary N) is 3. The number of thiocarbonyl (C=S) groups is 1. The van der Waals surface area contributed by atoms with E-state index < -0.39 is 5.91 Å². The third-order valence-electron chi connectivity index (χ3n) is 3.77. The van der Waals surface area contributed by atoms with Gasteiger partial charge in [-0.25, -0.2) is 4.39 Å². The van der Waals surface area contributed by atoms with Gasteiger partial charge in [0.25, 0.3) is 5.91 Å². The highest BCUT2D eigenvalue weighted by Gasteiger charge is 2.05.